The summed E-state index contributed by atoms with van der Waals surface area (Å²) in [7, 11) is -6.87. The van der Waals surface area contributed by atoms with Crippen LogP contribution in [0.15, 0.2) is 17.0 Å². The average Bonchev–Trinajstić information content (AvgIpc) is 3.48. The normalized spacial score (nSPS) is 23.9. The van der Waals surface area contributed by atoms with Crippen LogP contribution in [-0.2, 0) is 20.0 Å². The van der Waals surface area contributed by atoms with Crippen molar-refractivity contribution in [3.63, 3.8) is 0 Å². The van der Waals surface area contributed by atoms with Gasteiger partial charge in [-0.25, -0.2) is 21.1 Å². The molecule has 1 unspecified atom stereocenters. The molecule has 3 fully saturated rings. The van der Waals surface area contributed by atoms with E-state index in [-0.39, 0.29) is 11.7 Å². The number of nitrogens with zero attached hydrogens (tertiary/aromatic N) is 3. The lowest BCUT2D eigenvalue weighted by molar-refractivity contribution is 0.231. The van der Waals surface area contributed by atoms with Crippen LogP contribution in [0.4, 0.5) is 0 Å². The summed E-state index contributed by atoms with van der Waals surface area (Å²) >= 11 is 0. The van der Waals surface area contributed by atoms with Gasteiger partial charge in [0.2, 0.25) is 20.0 Å². The summed E-state index contributed by atoms with van der Waals surface area (Å²) < 4.78 is 56.0. The summed E-state index contributed by atoms with van der Waals surface area (Å²) in [6.07, 6.45) is 6.96. The minimum Gasteiger partial charge on any atom is -0.303 e. The van der Waals surface area contributed by atoms with Crippen LogP contribution in [-0.4, -0.2) is 81.9 Å². The molecule has 198 valence electrons. The molecule has 1 atom stereocenters. The van der Waals surface area contributed by atoms with E-state index in [1.165, 1.54) is 32.4 Å². The van der Waals surface area contributed by atoms with E-state index in [4.69, 9.17) is 0 Å². The zero-order valence-corrected chi connectivity index (χ0v) is 23.3. The maximum Gasteiger partial charge on any atom is 0.243 e. The first kappa shape index (κ1) is 27.0. The molecule has 0 aliphatic carbocycles. The van der Waals surface area contributed by atoms with Gasteiger partial charge in [0.15, 0.2) is 0 Å². The number of piperidine rings is 1. The minimum atomic E-state index is -3.57. The van der Waals surface area contributed by atoms with Crippen LogP contribution in [0.2, 0.25) is 0 Å². The predicted molar refractivity (Wildman–Crippen MR) is 141 cm³/mol. The molecule has 0 N–H and O–H groups in total. The summed E-state index contributed by atoms with van der Waals surface area (Å²) in [4.78, 5) is 2.94. The lowest BCUT2D eigenvalue weighted by Gasteiger charge is -2.32. The Morgan fingerprint density at radius 3 is 1.97 bits per heavy atom. The molecule has 3 saturated heterocycles. The second kappa shape index (κ2) is 11.2. The van der Waals surface area contributed by atoms with Crippen molar-refractivity contribution < 1.29 is 16.8 Å². The number of likely N-dealkylation sites (tertiary alicyclic amines) is 1. The Labute approximate surface area is 213 Å². The molecular formula is C26H43N3O4S2. The highest BCUT2D eigenvalue weighted by molar-refractivity contribution is 7.89. The maximum atomic E-state index is 13.3. The monoisotopic (exact) mass is 525 g/mol. The van der Waals surface area contributed by atoms with Gasteiger partial charge in [0.1, 0.15) is 0 Å². The summed E-state index contributed by atoms with van der Waals surface area (Å²) in [5.41, 5.74) is 2.61. The molecular weight excluding hydrogens is 482 g/mol. The topological polar surface area (TPSA) is 78.0 Å². The average molecular weight is 526 g/mol. The minimum absolute atomic E-state index is 0.0867. The lowest BCUT2D eigenvalue weighted by Crippen LogP contribution is -2.40. The molecule has 3 aliphatic heterocycles. The Bertz CT molecular complexity index is 1070. The van der Waals surface area contributed by atoms with Gasteiger partial charge in [-0.2, -0.15) is 4.31 Å². The van der Waals surface area contributed by atoms with E-state index in [9.17, 15) is 16.8 Å². The molecule has 0 radical (unpaired) electrons. The van der Waals surface area contributed by atoms with Crippen LogP contribution in [0.1, 0.15) is 61.6 Å². The molecule has 0 saturated carbocycles. The fourth-order valence-electron chi connectivity index (χ4n) is 6.25. The van der Waals surface area contributed by atoms with Crippen molar-refractivity contribution in [1.82, 2.24) is 13.5 Å². The molecule has 1 aromatic carbocycles. The second-order valence-electron chi connectivity index (χ2n) is 11.0. The predicted octanol–water partition coefficient (Wildman–Crippen LogP) is 3.54. The highest BCUT2D eigenvalue weighted by atomic mass is 32.2. The third kappa shape index (κ3) is 6.47. The quantitative estimate of drug-likeness (QED) is 0.493. The second-order valence-corrected chi connectivity index (χ2v) is 15.0. The van der Waals surface area contributed by atoms with Crippen LogP contribution >= 0.6 is 0 Å². The van der Waals surface area contributed by atoms with Crippen molar-refractivity contribution in [3.8, 4) is 0 Å². The number of aryl methyl sites for hydroxylation is 3. The molecule has 3 aliphatic rings. The van der Waals surface area contributed by atoms with Gasteiger partial charge in [0.25, 0.3) is 0 Å². The zero-order chi connectivity index (χ0) is 25.2. The van der Waals surface area contributed by atoms with Crippen molar-refractivity contribution in [2.45, 2.75) is 70.6 Å². The fourth-order valence-corrected chi connectivity index (χ4v) is 9.85. The molecule has 0 bridgehead atoms. The number of benzene rings is 1. The molecule has 0 amide bonds. The highest BCUT2D eigenvalue weighted by Crippen LogP contribution is 2.31. The zero-order valence-electron chi connectivity index (χ0n) is 21.7. The summed E-state index contributed by atoms with van der Waals surface area (Å²) in [6.45, 7) is 11.4. The van der Waals surface area contributed by atoms with Crippen LogP contribution in [0, 0.1) is 32.6 Å². The molecule has 4 rings (SSSR count). The van der Waals surface area contributed by atoms with Gasteiger partial charge in [0, 0.05) is 26.2 Å². The van der Waals surface area contributed by atoms with Gasteiger partial charge < -0.3 is 4.90 Å². The van der Waals surface area contributed by atoms with E-state index in [0.29, 0.717) is 43.4 Å². The van der Waals surface area contributed by atoms with E-state index in [1.54, 1.807) is 8.61 Å². The fraction of sp³-hybridized carbons (Fsp3) is 0.769. The van der Waals surface area contributed by atoms with Gasteiger partial charge in [-0.05, 0) is 108 Å². The lowest BCUT2D eigenvalue weighted by atomic mass is 9.94. The van der Waals surface area contributed by atoms with Crippen molar-refractivity contribution in [2.24, 2.45) is 11.8 Å². The van der Waals surface area contributed by atoms with E-state index in [1.807, 2.05) is 32.9 Å². The maximum absolute atomic E-state index is 13.3. The van der Waals surface area contributed by atoms with Crippen molar-refractivity contribution in [2.75, 3.05) is 51.6 Å². The van der Waals surface area contributed by atoms with E-state index in [2.05, 4.69) is 4.90 Å². The number of hydrogen-bond donors (Lipinski definition) is 0. The Kier molecular flexibility index (Phi) is 8.63. The first-order chi connectivity index (χ1) is 16.6. The van der Waals surface area contributed by atoms with Gasteiger partial charge >= 0.3 is 0 Å². The summed E-state index contributed by atoms with van der Waals surface area (Å²) in [5.74, 6) is 0.833. The Hall–Kier alpha value is -1.00. The number of sulfonamides is 2. The van der Waals surface area contributed by atoms with E-state index < -0.39 is 20.0 Å². The van der Waals surface area contributed by atoms with E-state index >= 15 is 0 Å². The van der Waals surface area contributed by atoms with Crippen molar-refractivity contribution in [3.05, 3.63) is 28.8 Å². The summed E-state index contributed by atoms with van der Waals surface area (Å²) in [5, 5.41) is 0. The molecule has 3 heterocycles. The van der Waals surface area contributed by atoms with Gasteiger partial charge in [-0.3, -0.25) is 0 Å². The van der Waals surface area contributed by atoms with Gasteiger partial charge in [0.05, 0.1) is 10.6 Å². The number of hydrogen-bond acceptors (Lipinski definition) is 5. The Morgan fingerprint density at radius 2 is 1.34 bits per heavy atom. The number of rotatable bonds is 9. The van der Waals surface area contributed by atoms with Crippen LogP contribution in [0.25, 0.3) is 0 Å². The molecule has 35 heavy (non-hydrogen) atoms. The largest absolute Gasteiger partial charge is 0.303 e. The molecule has 7 nitrogen and oxygen atoms in total. The SMILES string of the molecule is Cc1cc(C)c(S(=O)(=O)N2CCC(CCS(=O)(=O)N3CCC(CCN4CCCC4)CC3)C2)c(C)c1. The standard InChI is InChI=1S/C26H43N3O4S2/c1-21-18-22(2)26(23(3)19-21)35(32,33)29-16-9-25(20-29)10-17-34(30,31)28-14-7-24(8-15-28)6-13-27-11-4-5-12-27/h18-19,24-25H,4-17,20H2,1-3H3. The first-order valence-electron chi connectivity index (χ1n) is 13.3. The van der Waals surface area contributed by atoms with Gasteiger partial charge in [-0.1, -0.05) is 17.7 Å². The summed E-state index contributed by atoms with van der Waals surface area (Å²) in [6, 6.07) is 3.82. The van der Waals surface area contributed by atoms with Gasteiger partial charge in [-0.15, -0.1) is 0 Å². The van der Waals surface area contributed by atoms with Crippen molar-refractivity contribution >= 4 is 20.0 Å². The van der Waals surface area contributed by atoms with Crippen LogP contribution in [0.3, 0.4) is 0 Å². The first-order valence-corrected chi connectivity index (χ1v) is 16.4. The third-order valence-electron chi connectivity index (χ3n) is 8.25. The molecule has 0 spiro atoms. The smallest absolute Gasteiger partial charge is 0.243 e. The Balaban J connectivity index is 1.26. The third-order valence-corrected chi connectivity index (χ3v) is 12.3. The highest BCUT2D eigenvalue weighted by Gasteiger charge is 2.36. The molecule has 1 aromatic rings. The Morgan fingerprint density at radius 1 is 0.771 bits per heavy atom. The van der Waals surface area contributed by atoms with Crippen molar-refractivity contribution in [1.29, 1.82) is 0 Å². The van der Waals surface area contributed by atoms with Crippen LogP contribution < -0.4 is 0 Å². The molecule has 9 heteroatoms. The molecule has 0 aromatic heterocycles. The van der Waals surface area contributed by atoms with E-state index in [0.717, 1.165) is 42.5 Å². The van der Waals surface area contributed by atoms with Crippen LogP contribution in [0.5, 0.6) is 0 Å².